The van der Waals surface area contributed by atoms with Crippen LogP contribution in [0, 0.1) is 0 Å². The third-order valence-corrected chi connectivity index (χ3v) is 3.04. The van der Waals surface area contributed by atoms with Crippen LogP contribution in [-0.4, -0.2) is 19.8 Å². The van der Waals surface area contributed by atoms with Gasteiger partial charge < -0.3 is 15.2 Å². The molecule has 0 aliphatic rings. The predicted octanol–water partition coefficient (Wildman–Crippen LogP) is 1.79. The fourth-order valence-electron chi connectivity index (χ4n) is 2.16. The second kappa shape index (κ2) is 4.20. The predicted molar refractivity (Wildman–Crippen MR) is 71.4 cm³/mol. The Morgan fingerprint density at radius 2 is 1.89 bits per heavy atom. The summed E-state index contributed by atoms with van der Waals surface area (Å²) in [6.07, 6.45) is 0. The van der Waals surface area contributed by atoms with Gasteiger partial charge >= 0.3 is 5.69 Å². The van der Waals surface area contributed by atoms with Gasteiger partial charge in [0.05, 0.1) is 12.1 Å². The summed E-state index contributed by atoms with van der Waals surface area (Å²) in [4.78, 5) is 14.5. The van der Waals surface area contributed by atoms with Crippen LogP contribution in [0.1, 0.15) is 5.56 Å². The maximum atomic E-state index is 11.9. The van der Waals surface area contributed by atoms with E-state index in [1.165, 1.54) is 10.6 Å². The molecule has 5 heteroatoms. The first kappa shape index (κ1) is 11.4. The van der Waals surface area contributed by atoms with E-state index in [0.717, 1.165) is 5.56 Å². The van der Waals surface area contributed by atoms with Gasteiger partial charge in [-0.3, -0.25) is 4.57 Å². The van der Waals surface area contributed by atoms with Crippen molar-refractivity contribution in [3.8, 4) is 11.5 Å². The number of hydrogen-bond acceptors (Lipinski definition) is 3. The lowest BCUT2D eigenvalue weighted by Crippen LogP contribution is -2.17. The molecule has 96 valence electrons. The molecule has 0 fully saturated rings. The lowest BCUT2D eigenvalue weighted by atomic mass is 10.2. The summed E-state index contributed by atoms with van der Waals surface area (Å²) in [5.74, 6) is 0.206. The Labute approximate surface area is 108 Å². The summed E-state index contributed by atoms with van der Waals surface area (Å²) < 4.78 is 1.52. The third-order valence-electron chi connectivity index (χ3n) is 3.04. The quantitative estimate of drug-likeness (QED) is 0.654. The minimum Gasteiger partial charge on any atom is -0.508 e. The van der Waals surface area contributed by atoms with Crippen molar-refractivity contribution in [1.29, 1.82) is 0 Å². The van der Waals surface area contributed by atoms with Gasteiger partial charge in [0.2, 0.25) is 0 Å². The first-order valence-electron chi connectivity index (χ1n) is 5.83. The van der Waals surface area contributed by atoms with Gasteiger partial charge in [-0.15, -0.1) is 0 Å². The molecule has 5 nitrogen and oxygen atoms in total. The van der Waals surface area contributed by atoms with E-state index in [1.54, 1.807) is 30.3 Å². The van der Waals surface area contributed by atoms with Crippen LogP contribution in [0.2, 0.25) is 0 Å². The Bertz CT molecular complexity index is 802. The highest BCUT2D eigenvalue weighted by Crippen LogP contribution is 2.21. The molecule has 1 aromatic heterocycles. The fourth-order valence-corrected chi connectivity index (χ4v) is 2.16. The van der Waals surface area contributed by atoms with Crippen molar-refractivity contribution in [3.05, 3.63) is 58.5 Å². The molecule has 0 aliphatic heterocycles. The number of imidazole rings is 1. The van der Waals surface area contributed by atoms with Crippen LogP contribution in [0.15, 0.2) is 47.3 Å². The number of aromatic hydroxyl groups is 2. The molecule has 0 atom stereocenters. The highest BCUT2D eigenvalue weighted by molar-refractivity contribution is 5.81. The highest BCUT2D eigenvalue weighted by atomic mass is 16.3. The molecule has 3 N–H and O–H groups in total. The van der Waals surface area contributed by atoms with Crippen LogP contribution < -0.4 is 5.69 Å². The maximum absolute atomic E-state index is 11.9. The van der Waals surface area contributed by atoms with Gasteiger partial charge in [-0.05, 0) is 29.8 Å². The second-order valence-corrected chi connectivity index (χ2v) is 4.36. The van der Waals surface area contributed by atoms with Crippen LogP contribution >= 0.6 is 0 Å². The van der Waals surface area contributed by atoms with Crippen molar-refractivity contribution in [3.63, 3.8) is 0 Å². The highest BCUT2D eigenvalue weighted by Gasteiger charge is 2.09. The van der Waals surface area contributed by atoms with Crippen molar-refractivity contribution in [2.45, 2.75) is 6.54 Å². The van der Waals surface area contributed by atoms with Crippen LogP contribution in [0.25, 0.3) is 11.0 Å². The zero-order chi connectivity index (χ0) is 13.4. The monoisotopic (exact) mass is 256 g/mol. The first-order valence-corrected chi connectivity index (χ1v) is 5.83. The molecule has 0 aliphatic carbocycles. The molecule has 3 aromatic rings. The van der Waals surface area contributed by atoms with E-state index in [2.05, 4.69) is 4.98 Å². The number of rotatable bonds is 2. The van der Waals surface area contributed by atoms with Crippen LogP contribution in [-0.2, 0) is 6.54 Å². The number of H-pyrrole nitrogens is 1. The van der Waals surface area contributed by atoms with Crippen LogP contribution in [0.5, 0.6) is 11.5 Å². The molecule has 19 heavy (non-hydrogen) atoms. The van der Waals surface area contributed by atoms with Crippen molar-refractivity contribution in [2.75, 3.05) is 0 Å². The molecule has 0 amide bonds. The van der Waals surface area contributed by atoms with Gasteiger partial charge in [-0.25, -0.2) is 4.79 Å². The largest absolute Gasteiger partial charge is 0.508 e. The number of nitrogens with one attached hydrogen (secondary N) is 1. The van der Waals surface area contributed by atoms with E-state index < -0.39 is 0 Å². The number of para-hydroxylation sites is 1. The van der Waals surface area contributed by atoms with Gasteiger partial charge in [0, 0.05) is 0 Å². The third kappa shape index (κ3) is 1.95. The van der Waals surface area contributed by atoms with Crippen molar-refractivity contribution >= 4 is 11.0 Å². The number of aromatic amines is 1. The Morgan fingerprint density at radius 3 is 2.68 bits per heavy atom. The van der Waals surface area contributed by atoms with E-state index in [-0.39, 0.29) is 17.2 Å². The normalized spacial score (nSPS) is 10.9. The summed E-state index contributed by atoms with van der Waals surface area (Å²) >= 11 is 0. The van der Waals surface area contributed by atoms with Gasteiger partial charge in [-0.1, -0.05) is 18.2 Å². The first-order chi connectivity index (χ1) is 9.15. The maximum Gasteiger partial charge on any atom is 0.326 e. The van der Waals surface area contributed by atoms with Crippen LogP contribution in [0.4, 0.5) is 0 Å². The Kier molecular flexibility index (Phi) is 2.52. The van der Waals surface area contributed by atoms with Crippen molar-refractivity contribution in [1.82, 2.24) is 9.55 Å². The molecule has 0 bridgehead atoms. The van der Waals surface area contributed by atoms with Gasteiger partial charge in [-0.2, -0.15) is 0 Å². The van der Waals surface area contributed by atoms with Gasteiger partial charge in [0.1, 0.15) is 17.0 Å². The fraction of sp³-hybridized carbons (Fsp3) is 0.0714. The Morgan fingerprint density at radius 1 is 1.11 bits per heavy atom. The zero-order valence-corrected chi connectivity index (χ0v) is 10.00. The van der Waals surface area contributed by atoms with E-state index in [9.17, 15) is 15.0 Å². The Balaban J connectivity index is 2.13. The molecule has 2 aromatic carbocycles. The zero-order valence-electron chi connectivity index (χ0n) is 10.00. The lowest BCUT2D eigenvalue weighted by Gasteiger charge is -2.04. The number of aromatic nitrogens is 2. The smallest absolute Gasteiger partial charge is 0.326 e. The van der Waals surface area contributed by atoms with Crippen molar-refractivity contribution < 1.29 is 10.2 Å². The average molecular weight is 256 g/mol. The van der Waals surface area contributed by atoms with E-state index in [1.807, 2.05) is 6.07 Å². The number of fused-ring (bicyclic) bond motifs is 1. The van der Waals surface area contributed by atoms with Crippen LogP contribution in [0.3, 0.4) is 0 Å². The number of hydrogen-bond donors (Lipinski definition) is 3. The summed E-state index contributed by atoms with van der Waals surface area (Å²) in [6.45, 7) is 0.330. The summed E-state index contributed by atoms with van der Waals surface area (Å²) in [5, 5.41) is 19.1. The average Bonchev–Trinajstić information content (AvgIpc) is 2.69. The molecule has 0 radical (unpaired) electrons. The summed E-state index contributed by atoms with van der Waals surface area (Å²) in [5.41, 5.74) is 1.58. The molecule has 0 unspecified atom stereocenters. The lowest BCUT2D eigenvalue weighted by molar-refractivity contribution is 0.474. The van der Waals surface area contributed by atoms with Gasteiger partial charge in [0.15, 0.2) is 0 Å². The SMILES string of the molecule is O=c1[nH]c2c(O)cccc2n1Cc1cccc(O)c1. The number of phenols is 2. The molecule has 1 heterocycles. The van der Waals surface area contributed by atoms with E-state index >= 15 is 0 Å². The number of nitrogens with zero attached hydrogens (tertiary/aromatic N) is 1. The molecule has 0 spiro atoms. The minimum atomic E-state index is -0.292. The molecular weight excluding hydrogens is 244 g/mol. The summed E-state index contributed by atoms with van der Waals surface area (Å²) in [7, 11) is 0. The Hall–Kier alpha value is -2.69. The van der Waals surface area contributed by atoms with Gasteiger partial charge in [0.25, 0.3) is 0 Å². The summed E-state index contributed by atoms with van der Waals surface area (Å²) in [6, 6.07) is 11.7. The number of benzene rings is 2. The molecule has 0 saturated carbocycles. The molecule has 3 rings (SSSR count). The van der Waals surface area contributed by atoms with E-state index in [4.69, 9.17) is 0 Å². The second-order valence-electron chi connectivity index (χ2n) is 4.36. The molecular formula is C14H12N2O3. The topological polar surface area (TPSA) is 78.2 Å². The van der Waals surface area contributed by atoms with E-state index in [0.29, 0.717) is 17.6 Å². The van der Waals surface area contributed by atoms with Crippen molar-refractivity contribution in [2.24, 2.45) is 0 Å². The molecule has 0 saturated heterocycles. The standard InChI is InChI=1S/C14H12N2O3/c17-10-4-1-3-9(7-10)8-16-11-5-2-6-12(18)13(11)15-14(16)19/h1-7,17-18H,8H2,(H,15,19). The number of phenolic OH excluding ortho intramolecular Hbond substituents is 2. The minimum absolute atomic E-state index is 0.0456.